The number of hydrogen-bond donors (Lipinski definition) is 2. The smallest absolute Gasteiger partial charge is 0.0897 e. The number of nitrogens with one attached hydrogen (secondary N) is 1. The highest BCUT2D eigenvalue weighted by molar-refractivity contribution is 4.87. The predicted molar refractivity (Wildman–Crippen MR) is 84.4 cm³/mol. The summed E-state index contributed by atoms with van der Waals surface area (Å²) in [6.07, 6.45) is 5.51. The monoisotopic (exact) mass is 299 g/mol. The van der Waals surface area contributed by atoms with Crippen LogP contribution in [-0.4, -0.2) is 49.7 Å². The highest BCUT2D eigenvalue weighted by Crippen LogP contribution is 2.38. The molecule has 2 aliphatic rings. The van der Waals surface area contributed by atoms with Gasteiger partial charge in [0, 0.05) is 25.8 Å². The van der Waals surface area contributed by atoms with Gasteiger partial charge in [-0.2, -0.15) is 0 Å². The van der Waals surface area contributed by atoms with Crippen molar-refractivity contribution in [2.24, 2.45) is 11.3 Å². The third-order valence-electron chi connectivity index (χ3n) is 5.00. The topological polar surface area (TPSA) is 50.7 Å². The standard InChI is InChI=1S/C17H33NO3/c1-13-10-17(2,3)7-4-16(13)18-11-14(19)12-21-15-5-8-20-9-6-15/h13-16,18-19H,4-12H2,1-3H3/t13-,14+,16+/m1/s1. The molecule has 4 nitrogen and oxygen atoms in total. The first-order chi connectivity index (χ1) is 9.96. The molecule has 2 N–H and O–H groups in total. The summed E-state index contributed by atoms with van der Waals surface area (Å²) in [6, 6.07) is 0.538. The van der Waals surface area contributed by atoms with Gasteiger partial charge in [-0.3, -0.25) is 0 Å². The summed E-state index contributed by atoms with van der Waals surface area (Å²) < 4.78 is 11.1. The molecule has 1 saturated carbocycles. The van der Waals surface area contributed by atoms with Gasteiger partial charge in [-0.15, -0.1) is 0 Å². The fourth-order valence-electron chi connectivity index (χ4n) is 3.69. The second-order valence-electron chi connectivity index (χ2n) is 7.70. The van der Waals surface area contributed by atoms with Gasteiger partial charge in [0.2, 0.25) is 0 Å². The molecule has 4 heteroatoms. The van der Waals surface area contributed by atoms with Crippen molar-refractivity contribution in [1.29, 1.82) is 0 Å². The maximum Gasteiger partial charge on any atom is 0.0897 e. The Balaban J connectivity index is 1.61. The van der Waals surface area contributed by atoms with E-state index in [1.54, 1.807) is 0 Å². The van der Waals surface area contributed by atoms with Crippen molar-refractivity contribution in [3.05, 3.63) is 0 Å². The van der Waals surface area contributed by atoms with Crippen LogP contribution in [0.1, 0.15) is 52.9 Å². The Morgan fingerprint density at radius 3 is 2.67 bits per heavy atom. The summed E-state index contributed by atoms with van der Waals surface area (Å²) >= 11 is 0. The zero-order valence-corrected chi connectivity index (χ0v) is 13.9. The lowest BCUT2D eigenvalue weighted by Gasteiger charge is -2.40. The van der Waals surface area contributed by atoms with Crippen LogP contribution in [0.5, 0.6) is 0 Å². The van der Waals surface area contributed by atoms with Crippen molar-refractivity contribution in [1.82, 2.24) is 5.32 Å². The predicted octanol–water partition coefficient (Wildman–Crippen LogP) is 2.35. The van der Waals surface area contributed by atoms with E-state index in [9.17, 15) is 5.11 Å². The summed E-state index contributed by atoms with van der Waals surface area (Å²) in [5.74, 6) is 0.678. The Morgan fingerprint density at radius 1 is 1.29 bits per heavy atom. The average Bonchev–Trinajstić information content (AvgIpc) is 2.44. The van der Waals surface area contributed by atoms with E-state index in [0.29, 0.717) is 30.5 Å². The minimum absolute atomic E-state index is 0.266. The minimum atomic E-state index is -0.407. The van der Waals surface area contributed by atoms with Crippen LogP contribution >= 0.6 is 0 Å². The molecule has 0 bridgehead atoms. The van der Waals surface area contributed by atoms with Crippen LogP contribution in [0.25, 0.3) is 0 Å². The fraction of sp³-hybridized carbons (Fsp3) is 1.00. The second-order valence-corrected chi connectivity index (χ2v) is 7.70. The van der Waals surface area contributed by atoms with Gasteiger partial charge in [-0.1, -0.05) is 20.8 Å². The van der Waals surface area contributed by atoms with Crippen LogP contribution in [0.4, 0.5) is 0 Å². The highest BCUT2D eigenvalue weighted by Gasteiger charge is 2.32. The van der Waals surface area contributed by atoms with Crippen molar-refractivity contribution < 1.29 is 14.6 Å². The number of aliphatic hydroxyl groups excluding tert-OH is 1. The Kier molecular flexibility index (Phi) is 6.48. The van der Waals surface area contributed by atoms with Gasteiger partial charge in [0.1, 0.15) is 0 Å². The molecule has 1 heterocycles. The minimum Gasteiger partial charge on any atom is -0.389 e. The largest absolute Gasteiger partial charge is 0.389 e. The molecule has 0 aromatic carbocycles. The zero-order valence-electron chi connectivity index (χ0n) is 13.9. The molecule has 0 unspecified atom stereocenters. The zero-order chi connectivity index (χ0) is 15.3. The summed E-state index contributed by atoms with van der Waals surface area (Å²) in [4.78, 5) is 0. The lowest BCUT2D eigenvalue weighted by atomic mass is 9.70. The molecule has 2 fully saturated rings. The van der Waals surface area contributed by atoms with Crippen LogP contribution in [-0.2, 0) is 9.47 Å². The van der Waals surface area contributed by atoms with E-state index in [1.807, 2.05) is 0 Å². The quantitative estimate of drug-likeness (QED) is 0.790. The number of aliphatic hydroxyl groups is 1. The molecule has 0 amide bonds. The van der Waals surface area contributed by atoms with Crippen molar-refractivity contribution in [3.63, 3.8) is 0 Å². The van der Waals surface area contributed by atoms with Gasteiger partial charge in [0.25, 0.3) is 0 Å². The number of ether oxygens (including phenoxy) is 2. The van der Waals surface area contributed by atoms with Gasteiger partial charge in [0.15, 0.2) is 0 Å². The lowest BCUT2D eigenvalue weighted by molar-refractivity contribution is -0.0593. The van der Waals surface area contributed by atoms with Gasteiger partial charge >= 0.3 is 0 Å². The molecule has 2 rings (SSSR count). The lowest BCUT2D eigenvalue weighted by Crippen LogP contribution is -2.45. The van der Waals surface area contributed by atoms with E-state index in [0.717, 1.165) is 26.1 Å². The van der Waals surface area contributed by atoms with Crippen LogP contribution < -0.4 is 5.32 Å². The first-order valence-electron chi connectivity index (χ1n) is 8.57. The van der Waals surface area contributed by atoms with E-state index in [-0.39, 0.29) is 6.10 Å². The van der Waals surface area contributed by atoms with Crippen LogP contribution in [0, 0.1) is 11.3 Å². The Labute approximate surface area is 129 Å². The molecule has 1 aliphatic heterocycles. The number of hydrogen-bond acceptors (Lipinski definition) is 4. The molecule has 0 aromatic rings. The molecule has 3 atom stereocenters. The normalized spacial score (nSPS) is 32.0. The molecule has 0 aromatic heterocycles. The van der Waals surface area contributed by atoms with Crippen molar-refractivity contribution >= 4 is 0 Å². The first kappa shape index (κ1) is 17.2. The van der Waals surface area contributed by atoms with Crippen molar-refractivity contribution in [2.45, 2.75) is 71.1 Å². The molecule has 0 spiro atoms. The average molecular weight is 299 g/mol. The summed E-state index contributed by atoms with van der Waals surface area (Å²) in [6.45, 7) is 9.68. The van der Waals surface area contributed by atoms with Crippen LogP contribution in [0.2, 0.25) is 0 Å². The molecule has 1 aliphatic carbocycles. The third kappa shape index (κ3) is 5.85. The van der Waals surface area contributed by atoms with Gasteiger partial charge in [-0.25, -0.2) is 0 Å². The van der Waals surface area contributed by atoms with Gasteiger partial charge in [-0.05, 0) is 43.4 Å². The molecule has 0 radical (unpaired) electrons. The van der Waals surface area contributed by atoms with Crippen LogP contribution in [0.15, 0.2) is 0 Å². The van der Waals surface area contributed by atoms with E-state index < -0.39 is 6.10 Å². The van der Waals surface area contributed by atoms with Crippen molar-refractivity contribution in [3.8, 4) is 0 Å². The van der Waals surface area contributed by atoms with E-state index >= 15 is 0 Å². The Bertz CT molecular complexity index is 302. The molecule has 21 heavy (non-hydrogen) atoms. The van der Waals surface area contributed by atoms with Gasteiger partial charge in [0.05, 0.1) is 18.8 Å². The van der Waals surface area contributed by atoms with E-state index in [1.165, 1.54) is 19.3 Å². The van der Waals surface area contributed by atoms with Crippen molar-refractivity contribution in [2.75, 3.05) is 26.4 Å². The maximum absolute atomic E-state index is 10.1. The molecular weight excluding hydrogens is 266 g/mol. The van der Waals surface area contributed by atoms with Crippen LogP contribution in [0.3, 0.4) is 0 Å². The summed E-state index contributed by atoms with van der Waals surface area (Å²) in [5.41, 5.74) is 0.475. The van der Waals surface area contributed by atoms with Gasteiger partial charge < -0.3 is 19.9 Å². The maximum atomic E-state index is 10.1. The fourth-order valence-corrected chi connectivity index (χ4v) is 3.69. The second kappa shape index (κ2) is 7.91. The summed E-state index contributed by atoms with van der Waals surface area (Å²) in [7, 11) is 0. The summed E-state index contributed by atoms with van der Waals surface area (Å²) in [5, 5.41) is 13.6. The molecule has 1 saturated heterocycles. The first-order valence-corrected chi connectivity index (χ1v) is 8.57. The third-order valence-corrected chi connectivity index (χ3v) is 5.00. The Hall–Kier alpha value is -0.160. The molecule has 124 valence electrons. The van der Waals surface area contributed by atoms with E-state index in [4.69, 9.17) is 9.47 Å². The SMILES string of the molecule is C[C@@H]1CC(C)(C)CC[C@@H]1NC[C@H](O)COC1CCOCC1. The number of rotatable bonds is 6. The highest BCUT2D eigenvalue weighted by atomic mass is 16.5. The van der Waals surface area contributed by atoms with E-state index in [2.05, 4.69) is 26.1 Å². The molecular formula is C17H33NO3. The Morgan fingerprint density at radius 2 is 2.00 bits per heavy atom.